The molecule has 7 nitrogen and oxygen atoms in total. The molecule has 0 spiro atoms. The molecule has 31 heavy (non-hydrogen) atoms. The number of aryl methyl sites for hydroxylation is 1. The van der Waals surface area contributed by atoms with Crippen LogP contribution in [0, 0.1) is 6.92 Å². The Kier molecular flexibility index (Phi) is 12.4. The Hall–Kier alpha value is -2.49. The molecule has 0 bridgehead atoms. The molecule has 8 heteroatoms. The van der Waals surface area contributed by atoms with Gasteiger partial charge in [-0.3, -0.25) is 9.79 Å². The first-order valence-corrected chi connectivity index (χ1v) is 10.2. The fraction of sp³-hybridized carbons (Fsp3) is 0.391. The van der Waals surface area contributed by atoms with E-state index in [0.717, 1.165) is 48.8 Å². The Morgan fingerprint density at radius 3 is 2.48 bits per heavy atom. The summed E-state index contributed by atoms with van der Waals surface area (Å²) in [4.78, 5) is 15.4. The van der Waals surface area contributed by atoms with Crippen molar-refractivity contribution in [1.82, 2.24) is 10.6 Å². The summed E-state index contributed by atoms with van der Waals surface area (Å²) in [6, 6.07) is 13.8. The summed E-state index contributed by atoms with van der Waals surface area (Å²) in [6.07, 6.45) is 1.65. The highest BCUT2D eigenvalue weighted by Gasteiger charge is 2.04. The average molecular weight is 540 g/mol. The molecule has 0 fully saturated rings. The van der Waals surface area contributed by atoms with Crippen molar-refractivity contribution in [3.8, 4) is 11.5 Å². The smallest absolute Gasteiger partial charge is 0.255 e. The molecule has 0 saturated carbocycles. The number of nitrogens with one attached hydrogen (secondary N) is 2. The average Bonchev–Trinajstić information content (AvgIpc) is 2.73. The molecule has 2 aromatic carbocycles. The van der Waals surface area contributed by atoms with E-state index in [2.05, 4.69) is 28.6 Å². The standard InChI is InChI=1S/C23H32N4O3.HI/c1-4-25-23(27-14-12-19-15-17(2)5-10-21(19)29-3)26-13-11-18-6-8-20(9-7-18)30-16-22(24)28;/h5-10,15H,4,11-14,16H2,1-3H3,(H2,24,28)(H2,25,26,27);1H. The zero-order valence-corrected chi connectivity index (χ0v) is 20.8. The Morgan fingerprint density at radius 2 is 1.84 bits per heavy atom. The van der Waals surface area contributed by atoms with Crippen molar-refractivity contribution in [2.75, 3.05) is 33.4 Å². The van der Waals surface area contributed by atoms with E-state index >= 15 is 0 Å². The first-order chi connectivity index (χ1) is 14.5. The number of guanidine groups is 1. The molecule has 0 atom stereocenters. The van der Waals surface area contributed by atoms with Gasteiger partial charge in [-0.15, -0.1) is 24.0 Å². The number of halogens is 1. The summed E-state index contributed by atoms with van der Waals surface area (Å²) in [5.41, 5.74) is 8.62. The monoisotopic (exact) mass is 540 g/mol. The Morgan fingerprint density at radius 1 is 1.10 bits per heavy atom. The van der Waals surface area contributed by atoms with E-state index in [1.807, 2.05) is 43.3 Å². The maximum absolute atomic E-state index is 10.8. The number of amides is 1. The fourth-order valence-corrected chi connectivity index (χ4v) is 2.96. The number of rotatable bonds is 11. The van der Waals surface area contributed by atoms with Crippen molar-refractivity contribution in [3.63, 3.8) is 0 Å². The molecular weight excluding hydrogens is 507 g/mol. The van der Waals surface area contributed by atoms with Gasteiger partial charge in [-0.1, -0.05) is 29.8 Å². The van der Waals surface area contributed by atoms with E-state index in [4.69, 9.17) is 15.2 Å². The van der Waals surface area contributed by atoms with Gasteiger partial charge in [-0.05, 0) is 56.0 Å². The number of hydrogen-bond acceptors (Lipinski definition) is 4. The topological polar surface area (TPSA) is 98.0 Å². The molecule has 0 unspecified atom stereocenters. The van der Waals surface area contributed by atoms with E-state index in [1.54, 1.807) is 7.11 Å². The second kappa shape index (κ2) is 14.5. The van der Waals surface area contributed by atoms with Gasteiger partial charge >= 0.3 is 0 Å². The summed E-state index contributed by atoms with van der Waals surface area (Å²) in [5.74, 6) is 1.84. The molecule has 0 aliphatic carbocycles. The first kappa shape index (κ1) is 26.5. The summed E-state index contributed by atoms with van der Waals surface area (Å²) < 4.78 is 10.7. The predicted molar refractivity (Wildman–Crippen MR) is 136 cm³/mol. The number of carbonyl (C=O) groups is 1. The minimum Gasteiger partial charge on any atom is -0.496 e. The molecule has 2 aromatic rings. The van der Waals surface area contributed by atoms with Crippen LogP contribution in [0.3, 0.4) is 0 Å². The number of hydrogen-bond donors (Lipinski definition) is 3. The van der Waals surface area contributed by atoms with Gasteiger partial charge in [0.15, 0.2) is 12.6 Å². The lowest BCUT2D eigenvalue weighted by molar-refractivity contribution is -0.119. The number of benzene rings is 2. The number of primary amides is 1. The van der Waals surface area contributed by atoms with Crippen LogP contribution < -0.4 is 25.8 Å². The molecule has 2 rings (SSSR count). The second-order valence-electron chi connectivity index (χ2n) is 6.90. The van der Waals surface area contributed by atoms with Gasteiger partial charge in [0.25, 0.3) is 5.91 Å². The van der Waals surface area contributed by atoms with Crippen molar-refractivity contribution in [1.29, 1.82) is 0 Å². The van der Waals surface area contributed by atoms with Crippen molar-refractivity contribution < 1.29 is 14.3 Å². The van der Waals surface area contributed by atoms with Crippen LogP contribution in [-0.4, -0.2) is 45.2 Å². The van der Waals surface area contributed by atoms with Crippen LogP contribution in [0.15, 0.2) is 47.5 Å². The second-order valence-corrected chi connectivity index (χ2v) is 6.90. The highest BCUT2D eigenvalue weighted by molar-refractivity contribution is 14.0. The van der Waals surface area contributed by atoms with Crippen molar-refractivity contribution in [2.45, 2.75) is 26.7 Å². The molecule has 170 valence electrons. The van der Waals surface area contributed by atoms with Gasteiger partial charge in [0, 0.05) is 19.6 Å². The number of methoxy groups -OCH3 is 1. The van der Waals surface area contributed by atoms with Crippen LogP contribution in [0.1, 0.15) is 23.6 Å². The number of nitrogens with zero attached hydrogens (tertiary/aromatic N) is 1. The zero-order chi connectivity index (χ0) is 21.8. The highest BCUT2D eigenvalue weighted by atomic mass is 127. The zero-order valence-electron chi connectivity index (χ0n) is 18.4. The van der Waals surface area contributed by atoms with E-state index in [-0.39, 0.29) is 30.6 Å². The molecule has 0 heterocycles. The van der Waals surface area contributed by atoms with Crippen LogP contribution in [-0.2, 0) is 17.6 Å². The fourth-order valence-electron chi connectivity index (χ4n) is 2.96. The number of nitrogens with two attached hydrogens (primary N) is 1. The summed E-state index contributed by atoms with van der Waals surface area (Å²) in [5, 5.41) is 6.64. The molecule has 4 N–H and O–H groups in total. The third kappa shape index (κ3) is 9.91. The van der Waals surface area contributed by atoms with Crippen molar-refractivity contribution >= 4 is 35.8 Å². The highest BCUT2D eigenvalue weighted by Crippen LogP contribution is 2.20. The molecular formula is C23H33IN4O3. The molecule has 1 amide bonds. The quantitative estimate of drug-likeness (QED) is 0.232. The molecule has 0 aromatic heterocycles. The van der Waals surface area contributed by atoms with Gasteiger partial charge in [0.1, 0.15) is 11.5 Å². The molecule has 0 saturated heterocycles. The van der Waals surface area contributed by atoms with Crippen LogP contribution in [0.25, 0.3) is 0 Å². The molecule has 0 radical (unpaired) electrons. The lowest BCUT2D eigenvalue weighted by atomic mass is 10.1. The first-order valence-electron chi connectivity index (χ1n) is 10.2. The normalized spacial score (nSPS) is 10.7. The van der Waals surface area contributed by atoms with Gasteiger partial charge in [-0.25, -0.2) is 0 Å². The van der Waals surface area contributed by atoms with Crippen LogP contribution in [0.4, 0.5) is 0 Å². The van der Waals surface area contributed by atoms with Crippen LogP contribution in [0.5, 0.6) is 11.5 Å². The lowest BCUT2D eigenvalue weighted by Crippen LogP contribution is -2.38. The Bertz CT molecular complexity index is 841. The number of carbonyl (C=O) groups excluding carboxylic acids is 1. The van der Waals surface area contributed by atoms with E-state index in [0.29, 0.717) is 12.3 Å². The van der Waals surface area contributed by atoms with Crippen molar-refractivity contribution in [3.05, 3.63) is 59.2 Å². The van der Waals surface area contributed by atoms with Gasteiger partial charge in [0.05, 0.1) is 7.11 Å². The summed E-state index contributed by atoms with van der Waals surface area (Å²) >= 11 is 0. The van der Waals surface area contributed by atoms with Gasteiger partial charge < -0.3 is 25.8 Å². The van der Waals surface area contributed by atoms with E-state index in [9.17, 15) is 4.79 Å². The molecule has 0 aliphatic rings. The van der Waals surface area contributed by atoms with E-state index < -0.39 is 5.91 Å². The summed E-state index contributed by atoms with van der Waals surface area (Å²) in [6.45, 7) is 6.23. The van der Waals surface area contributed by atoms with Crippen LogP contribution >= 0.6 is 24.0 Å². The lowest BCUT2D eigenvalue weighted by Gasteiger charge is -2.12. The van der Waals surface area contributed by atoms with Gasteiger partial charge in [0.2, 0.25) is 0 Å². The predicted octanol–water partition coefficient (Wildman–Crippen LogP) is 2.83. The number of ether oxygens (including phenoxy) is 2. The maximum atomic E-state index is 10.8. The van der Waals surface area contributed by atoms with E-state index in [1.165, 1.54) is 5.56 Å². The summed E-state index contributed by atoms with van der Waals surface area (Å²) in [7, 11) is 1.69. The SMILES string of the molecule is CCNC(=NCCc1cc(C)ccc1OC)NCCc1ccc(OCC(N)=O)cc1.I. The Balaban J connectivity index is 0.00000480. The van der Waals surface area contributed by atoms with Gasteiger partial charge in [-0.2, -0.15) is 0 Å². The number of aliphatic imine (C=N–C) groups is 1. The largest absolute Gasteiger partial charge is 0.496 e. The van der Waals surface area contributed by atoms with Crippen LogP contribution in [0.2, 0.25) is 0 Å². The minimum absolute atomic E-state index is 0. The minimum atomic E-state index is -0.487. The third-order valence-corrected chi connectivity index (χ3v) is 4.44. The Labute approximate surface area is 201 Å². The third-order valence-electron chi connectivity index (χ3n) is 4.44. The molecule has 0 aliphatic heterocycles. The van der Waals surface area contributed by atoms with Crippen molar-refractivity contribution in [2.24, 2.45) is 10.7 Å². The maximum Gasteiger partial charge on any atom is 0.255 e.